The Morgan fingerprint density at radius 2 is 1.63 bits per heavy atom. The van der Waals surface area contributed by atoms with Gasteiger partial charge in [-0.2, -0.15) is 11.8 Å². The van der Waals surface area contributed by atoms with Gasteiger partial charge in [-0.3, -0.25) is 9.59 Å². The third-order valence-corrected chi connectivity index (χ3v) is 6.73. The highest BCUT2D eigenvalue weighted by molar-refractivity contribution is 7.98. The number of aryl methyl sites for hydroxylation is 2. The maximum atomic E-state index is 14.2. The highest BCUT2D eigenvalue weighted by Gasteiger charge is 2.36. The molecule has 2 aromatic carbocycles. The Kier molecular flexibility index (Phi) is 12.2. The van der Waals surface area contributed by atoms with E-state index in [0.717, 1.165) is 23.1 Å². The second kappa shape index (κ2) is 14.8. The number of alkyl carbamates (subject to hydrolysis) is 1. The fourth-order valence-corrected chi connectivity index (χ4v) is 4.57. The van der Waals surface area contributed by atoms with Crippen LogP contribution in [0.5, 0.6) is 0 Å². The molecule has 38 heavy (non-hydrogen) atoms. The molecule has 2 atom stereocenters. The van der Waals surface area contributed by atoms with E-state index in [4.69, 9.17) is 4.74 Å². The molecule has 2 aromatic rings. The summed E-state index contributed by atoms with van der Waals surface area (Å²) in [6, 6.07) is 13.5. The molecule has 2 N–H and O–H groups in total. The minimum atomic E-state index is -0.868. The van der Waals surface area contributed by atoms with E-state index >= 15 is 0 Å². The SMILES string of the molecule is CCCCN(C(=O)C(CCSC)NC(=O)OC(C)(C)C)C(C(=O)Nc1ccccc1C)c1ccccc1C. The molecule has 0 radical (unpaired) electrons. The zero-order valence-electron chi connectivity index (χ0n) is 23.8. The van der Waals surface area contributed by atoms with E-state index < -0.39 is 23.8 Å². The van der Waals surface area contributed by atoms with Crippen LogP contribution in [0.1, 0.15) is 69.7 Å². The Bertz CT molecular complexity index is 1080. The number of carbonyl (C=O) groups is 3. The van der Waals surface area contributed by atoms with Gasteiger partial charge < -0.3 is 20.3 Å². The number of anilines is 1. The Morgan fingerprint density at radius 3 is 2.21 bits per heavy atom. The summed E-state index contributed by atoms with van der Waals surface area (Å²) in [5.41, 5.74) is 2.59. The number of ether oxygens (including phenoxy) is 1. The van der Waals surface area contributed by atoms with Crippen LogP contribution in [0.3, 0.4) is 0 Å². The van der Waals surface area contributed by atoms with Crippen molar-refractivity contribution in [1.29, 1.82) is 0 Å². The first kappa shape index (κ1) is 31.2. The Hall–Kier alpha value is -3.00. The lowest BCUT2D eigenvalue weighted by atomic mass is 9.97. The van der Waals surface area contributed by atoms with Crippen LogP contribution >= 0.6 is 11.8 Å². The molecule has 0 fully saturated rings. The summed E-state index contributed by atoms with van der Waals surface area (Å²) in [4.78, 5) is 42.4. The Morgan fingerprint density at radius 1 is 1.00 bits per heavy atom. The summed E-state index contributed by atoms with van der Waals surface area (Å²) in [7, 11) is 0. The molecule has 8 heteroatoms. The molecule has 0 spiro atoms. The molecule has 0 heterocycles. The van der Waals surface area contributed by atoms with E-state index in [9.17, 15) is 14.4 Å². The fourth-order valence-electron chi connectivity index (χ4n) is 4.10. The third-order valence-electron chi connectivity index (χ3n) is 6.08. The van der Waals surface area contributed by atoms with Crippen LogP contribution in [-0.2, 0) is 14.3 Å². The molecule has 2 rings (SSSR count). The fraction of sp³-hybridized carbons (Fsp3) is 0.500. The van der Waals surface area contributed by atoms with Crippen LogP contribution in [0.2, 0.25) is 0 Å². The van der Waals surface area contributed by atoms with Gasteiger partial charge in [-0.05, 0) is 82.2 Å². The number of nitrogens with zero attached hydrogens (tertiary/aromatic N) is 1. The zero-order valence-corrected chi connectivity index (χ0v) is 24.6. The molecule has 7 nitrogen and oxygen atoms in total. The summed E-state index contributed by atoms with van der Waals surface area (Å²) in [5, 5.41) is 5.84. The smallest absolute Gasteiger partial charge is 0.408 e. The average Bonchev–Trinajstić information content (AvgIpc) is 2.85. The minimum absolute atomic E-state index is 0.293. The van der Waals surface area contributed by atoms with Crippen LogP contribution in [0.4, 0.5) is 10.5 Å². The van der Waals surface area contributed by atoms with Crippen molar-refractivity contribution in [3.63, 3.8) is 0 Å². The van der Waals surface area contributed by atoms with E-state index in [0.29, 0.717) is 30.8 Å². The van der Waals surface area contributed by atoms with E-state index in [1.165, 1.54) is 0 Å². The van der Waals surface area contributed by atoms with Gasteiger partial charge in [-0.25, -0.2) is 4.79 Å². The molecule has 0 bridgehead atoms. The average molecular weight is 542 g/mol. The molecule has 0 aliphatic rings. The highest BCUT2D eigenvalue weighted by Crippen LogP contribution is 2.28. The number of rotatable bonds is 12. The molecule has 208 valence electrons. The number of nitrogens with one attached hydrogen (secondary N) is 2. The molecular formula is C30H43N3O4S. The summed E-state index contributed by atoms with van der Waals surface area (Å²) < 4.78 is 5.46. The van der Waals surface area contributed by atoms with Crippen LogP contribution in [-0.4, -0.2) is 53.0 Å². The maximum absolute atomic E-state index is 14.2. The van der Waals surface area contributed by atoms with Crippen molar-refractivity contribution < 1.29 is 19.1 Å². The van der Waals surface area contributed by atoms with Gasteiger partial charge in [0.25, 0.3) is 5.91 Å². The van der Waals surface area contributed by atoms with E-state index in [1.54, 1.807) is 37.4 Å². The number of hydrogen-bond acceptors (Lipinski definition) is 5. The monoisotopic (exact) mass is 541 g/mol. The molecule has 0 saturated carbocycles. The standard InChI is InChI=1S/C30H43N3O4S/c1-8-9-19-33(28(35)25(18-20-38-7)32-29(36)37-30(4,5)6)26(23-16-12-10-14-21(23)2)27(34)31-24-17-13-11-15-22(24)3/h10-17,25-26H,8-9,18-20H2,1-7H3,(H,31,34)(H,32,36). The van der Waals surface area contributed by atoms with Crippen molar-refractivity contribution in [3.8, 4) is 0 Å². The van der Waals surface area contributed by atoms with Crippen LogP contribution in [0.15, 0.2) is 48.5 Å². The quantitative estimate of drug-likeness (QED) is 0.331. The largest absolute Gasteiger partial charge is 0.444 e. The molecule has 0 aromatic heterocycles. The Balaban J connectivity index is 2.52. The first-order valence-corrected chi connectivity index (χ1v) is 14.6. The molecule has 0 saturated heterocycles. The van der Waals surface area contributed by atoms with Gasteiger partial charge in [0, 0.05) is 12.2 Å². The first-order valence-electron chi connectivity index (χ1n) is 13.2. The minimum Gasteiger partial charge on any atom is -0.444 e. The van der Waals surface area contributed by atoms with E-state index in [1.807, 2.05) is 75.6 Å². The van der Waals surface area contributed by atoms with Gasteiger partial charge in [0.1, 0.15) is 17.7 Å². The molecule has 3 amide bonds. The molecule has 0 aliphatic heterocycles. The summed E-state index contributed by atoms with van der Waals surface area (Å²) in [6.07, 6.45) is 3.29. The predicted molar refractivity (Wildman–Crippen MR) is 157 cm³/mol. The van der Waals surface area contributed by atoms with Crippen LogP contribution < -0.4 is 10.6 Å². The van der Waals surface area contributed by atoms with Gasteiger partial charge in [0.15, 0.2) is 0 Å². The summed E-state index contributed by atoms with van der Waals surface area (Å²) >= 11 is 1.59. The molecular weight excluding hydrogens is 498 g/mol. The molecule has 0 aliphatic carbocycles. The second-order valence-corrected chi connectivity index (χ2v) is 11.4. The van der Waals surface area contributed by atoms with Gasteiger partial charge >= 0.3 is 6.09 Å². The lowest BCUT2D eigenvalue weighted by molar-refractivity contribution is -0.141. The van der Waals surface area contributed by atoms with Gasteiger partial charge in [-0.1, -0.05) is 55.8 Å². The number of thioether (sulfide) groups is 1. The van der Waals surface area contributed by atoms with E-state index in [2.05, 4.69) is 10.6 Å². The Labute approximate surface area is 232 Å². The van der Waals surface area contributed by atoms with Crippen molar-refractivity contribution in [2.24, 2.45) is 0 Å². The summed E-state index contributed by atoms with van der Waals surface area (Å²) in [5.74, 6) is 0.0728. The second-order valence-electron chi connectivity index (χ2n) is 10.4. The number of para-hydroxylation sites is 1. The maximum Gasteiger partial charge on any atom is 0.408 e. The van der Waals surface area contributed by atoms with Crippen LogP contribution in [0, 0.1) is 13.8 Å². The van der Waals surface area contributed by atoms with Gasteiger partial charge in [-0.15, -0.1) is 0 Å². The van der Waals surface area contributed by atoms with Crippen molar-refractivity contribution in [1.82, 2.24) is 10.2 Å². The molecule has 2 unspecified atom stereocenters. The number of hydrogen-bond donors (Lipinski definition) is 2. The van der Waals surface area contributed by atoms with E-state index in [-0.39, 0.29) is 11.8 Å². The third kappa shape index (κ3) is 9.39. The van der Waals surface area contributed by atoms with Crippen molar-refractivity contribution in [3.05, 3.63) is 65.2 Å². The van der Waals surface area contributed by atoms with Crippen molar-refractivity contribution in [2.75, 3.05) is 23.9 Å². The number of carbonyl (C=O) groups excluding carboxylic acids is 3. The van der Waals surface area contributed by atoms with Crippen molar-refractivity contribution in [2.45, 2.75) is 78.5 Å². The number of unbranched alkanes of at least 4 members (excludes halogenated alkanes) is 1. The number of amides is 3. The van der Waals surface area contributed by atoms with Gasteiger partial charge in [0.2, 0.25) is 5.91 Å². The van der Waals surface area contributed by atoms with Crippen LogP contribution in [0.25, 0.3) is 0 Å². The first-order chi connectivity index (χ1) is 18.0. The number of benzene rings is 2. The topological polar surface area (TPSA) is 87.7 Å². The lowest BCUT2D eigenvalue weighted by Gasteiger charge is -2.35. The van der Waals surface area contributed by atoms with Crippen molar-refractivity contribution >= 4 is 35.4 Å². The van der Waals surface area contributed by atoms with Gasteiger partial charge in [0.05, 0.1) is 0 Å². The normalized spacial score (nSPS) is 12.8. The zero-order chi connectivity index (χ0) is 28.3. The highest BCUT2D eigenvalue weighted by atomic mass is 32.2. The summed E-state index contributed by atoms with van der Waals surface area (Å²) in [6.45, 7) is 11.6. The lowest BCUT2D eigenvalue weighted by Crippen LogP contribution is -2.53. The predicted octanol–water partition coefficient (Wildman–Crippen LogP) is 6.26.